The summed E-state index contributed by atoms with van der Waals surface area (Å²) in [5.74, 6) is 1.81. The van der Waals surface area contributed by atoms with Gasteiger partial charge in [-0.15, -0.1) is 0 Å². The second-order valence-corrected chi connectivity index (χ2v) is 11.1. The van der Waals surface area contributed by atoms with Gasteiger partial charge in [0.25, 0.3) is 0 Å². The number of halogens is 1. The molecule has 0 unspecified atom stereocenters. The maximum Gasteiger partial charge on any atom is 0.416 e. The largest absolute Gasteiger partial charge is 0.443 e. The van der Waals surface area contributed by atoms with Crippen LogP contribution >= 0.6 is 15.9 Å². The Morgan fingerprint density at radius 3 is 2.58 bits per heavy atom. The third kappa shape index (κ3) is 5.80. The fourth-order valence-electron chi connectivity index (χ4n) is 4.75. The van der Waals surface area contributed by atoms with Gasteiger partial charge in [0.05, 0.1) is 12.4 Å². The first kappa shape index (κ1) is 24.3. The number of anilines is 2. The predicted octanol–water partition coefficient (Wildman–Crippen LogP) is 5.43. The number of carbonyl (C=O) groups is 1. The molecule has 8 nitrogen and oxygen atoms in total. The molecule has 0 bridgehead atoms. The highest BCUT2D eigenvalue weighted by molar-refractivity contribution is 9.10. The lowest BCUT2D eigenvalue weighted by atomic mass is 9.89. The van der Waals surface area contributed by atoms with E-state index in [4.69, 9.17) is 14.5 Å². The van der Waals surface area contributed by atoms with E-state index >= 15 is 0 Å². The van der Waals surface area contributed by atoms with Gasteiger partial charge < -0.3 is 14.4 Å². The topological polar surface area (TPSA) is 72.2 Å². The van der Waals surface area contributed by atoms with Crippen molar-refractivity contribution in [3.63, 3.8) is 0 Å². The van der Waals surface area contributed by atoms with Gasteiger partial charge in [-0.25, -0.2) is 14.8 Å². The van der Waals surface area contributed by atoms with E-state index in [9.17, 15) is 4.79 Å². The smallest absolute Gasteiger partial charge is 0.416 e. The van der Waals surface area contributed by atoms with Gasteiger partial charge in [0.15, 0.2) is 17.3 Å². The van der Waals surface area contributed by atoms with E-state index in [2.05, 4.69) is 32.9 Å². The molecule has 1 saturated carbocycles. The minimum atomic E-state index is -0.580. The van der Waals surface area contributed by atoms with Crippen molar-refractivity contribution in [2.24, 2.45) is 5.92 Å². The Morgan fingerprint density at radius 1 is 1.21 bits per heavy atom. The maximum atomic E-state index is 13.4. The zero-order chi connectivity index (χ0) is 23.6. The second kappa shape index (κ2) is 10.2. The molecule has 1 saturated heterocycles. The van der Waals surface area contributed by atoms with Crippen LogP contribution in [0.1, 0.15) is 65.7 Å². The normalized spacial score (nSPS) is 18.5. The van der Waals surface area contributed by atoms with Crippen LogP contribution in [0.3, 0.4) is 0 Å². The first-order valence-corrected chi connectivity index (χ1v) is 12.9. The molecule has 2 aromatic heterocycles. The third-order valence-corrected chi connectivity index (χ3v) is 7.13. The van der Waals surface area contributed by atoms with Crippen LogP contribution in [0.5, 0.6) is 0 Å². The van der Waals surface area contributed by atoms with Crippen LogP contribution in [0, 0.1) is 5.92 Å². The number of rotatable bonds is 5. The first-order valence-electron chi connectivity index (χ1n) is 12.1. The molecule has 3 heterocycles. The van der Waals surface area contributed by atoms with Gasteiger partial charge in [0, 0.05) is 32.8 Å². The Hall–Kier alpha value is -1.87. The number of aromatic nitrogens is 3. The summed E-state index contributed by atoms with van der Waals surface area (Å²) in [7, 11) is 2.06. The van der Waals surface area contributed by atoms with Crippen molar-refractivity contribution in [2.45, 2.75) is 77.4 Å². The molecule has 2 aliphatic rings. The van der Waals surface area contributed by atoms with E-state index in [-0.39, 0.29) is 6.09 Å². The molecule has 1 aliphatic heterocycles. The number of imidazole rings is 1. The number of hydrogen-bond acceptors (Lipinski definition) is 6. The van der Waals surface area contributed by atoms with Crippen LogP contribution in [0.4, 0.5) is 16.4 Å². The Morgan fingerprint density at radius 2 is 1.91 bits per heavy atom. The van der Waals surface area contributed by atoms with Crippen LogP contribution in [0.15, 0.2) is 17.0 Å². The fraction of sp³-hybridized carbons (Fsp3) is 0.708. The Balaban J connectivity index is 1.73. The molecule has 2 aromatic rings. The predicted molar refractivity (Wildman–Crippen MR) is 133 cm³/mol. The van der Waals surface area contributed by atoms with Crippen molar-refractivity contribution >= 4 is 39.3 Å². The summed E-state index contributed by atoms with van der Waals surface area (Å²) in [6.07, 6.45) is 11.2. The lowest BCUT2D eigenvalue weighted by molar-refractivity contribution is 0.0570. The van der Waals surface area contributed by atoms with E-state index in [1.54, 1.807) is 11.1 Å². The molecule has 9 heteroatoms. The highest BCUT2D eigenvalue weighted by Crippen LogP contribution is 2.31. The van der Waals surface area contributed by atoms with Gasteiger partial charge >= 0.3 is 6.09 Å². The fourth-order valence-corrected chi connectivity index (χ4v) is 5.12. The average Bonchev–Trinajstić information content (AvgIpc) is 3.17. The lowest BCUT2D eigenvalue weighted by Crippen LogP contribution is -2.41. The molecular weight excluding hydrogens is 486 g/mol. The van der Waals surface area contributed by atoms with Crippen LogP contribution in [0.2, 0.25) is 0 Å². The van der Waals surface area contributed by atoms with Crippen molar-refractivity contribution < 1.29 is 14.3 Å². The van der Waals surface area contributed by atoms with Crippen LogP contribution in [-0.4, -0.2) is 58.9 Å². The first-order chi connectivity index (χ1) is 15.7. The molecule has 2 fully saturated rings. The number of carbonyl (C=O) groups excluding carboxylic acids is 1. The minimum absolute atomic E-state index is 0.314. The molecule has 33 heavy (non-hydrogen) atoms. The summed E-state index contributed by atoms with van der Waals surface area (Å²) in [5, 5.41) is 0. The minimum Gasteiger partial charge on any atom is -0.443 e. The molecule has 1 amide bonds. The van der Waals surface area contributed by atoms with Gasteiger partial charge in [-0.1, -0.05) is 19.3 Å². The highest BCUT2D eigenvalue weighted by Gasteiger charge is 2.30. The third-order valence-electron chi connectivity index (χ3n) is 6.55. The SMILES string of the molecule is CN(c1nc(N(CC2CCCCC2)C(=O)OC(C)(C)C)cn2c(Br)cnc12)C1CCOCC1. The standard InChI is InChI=1S/C24H36BrN5O3/c1-24(2,3)33-23(31)30(15-17-8-6-5-7-9-17)20-16-29-19(25)14-26-21(29)22(27-20)28(4)18-10-12-32-13-11-18/h14,16-18H,5-13,15H2,1-4H3. The summed E-state index contributed by atoms with van der Waals surface area (Å²) in [6, 6.07) is 0.314. The summed E-state index contributed by atoms with van der Waals surface area (Å²) >= 11 is 3.61. The van der Waals surface area contributed by atoms with Crippen molar-refractivity contribution in [1.82, 2.24) is 14.4 Å². The van der Waals surface area contributed by atoms with Gasteiger partial charge in [0.2, 0.25) is 0 Å². The molecule has 0 radical (unpaired) electrons. The van der Waals surface area contributed by atoms with Gasteiger partial charge in [-0.05, 0) is 68.3 Å². The zero-order valence-electron chi connectivity index (χ0n) is 20.2. The maximum absolute atomic E-state index is 13.4. The molecule has 0 spiro atoms. The summed E-state index contributed by atoms with van der Waals surface area (Å²) in [5.41, 5.74) is 0.185. The van der Waals surface area contributed by atoms with Crippen molar-refractivity contribution in [2.75, 3.05) is 36.6 Å². The van der Waals surface area contributed by atoms with E-state index in [1.165, 1.54) is 19.3 Å². The van der Waals surface area contributed by atoms with E-state index in [0.717, 1.165) is 55.0 Å². The van der Waals surface area contributed by atoms with Gasteiger partial charge in [0.1, 0.15) is 10.2 Å². The van der Waals surface area contributed by atoms with Crippen LogP contribution < -0.4 is 9.80 Å². The average molecular weight is 522 g/mol. The van der Waals surface area contributed by atoms with Crippen LogP contribution in [0.25, 0.3) is 5.65 Å². The Kier molecular flexibility index (Phi) is 7.48. The number of hydrogen-bond donors (Lipinski definition) is 0. The number of nitrogens with zero attached hydrogens (tertiary/aromatic N) is 5. The molecular formula is C24H36BrN5O3. The molecule has 4 rings (SSSR count). The van der Waals surface area contributed by atoms with E-state index in [0.29, 0.717) is 24.3 Å². The van der Waals surface area contributed by atoms with Gasteiger partial charge in [-0.3, -0.25) is 9.30 Å². The summed E-state index contributed by atoms with van der Waals surface area (Å²) in [4.78, 5) is 26.9. The van der Waals surface area contributed by atoms with Gasteiger partial charge in [-0.2, -0.15) is 0 Å². The zero-order valence-corrected chi connectivity index (χ0v) is 21.8. The highest BCUT2D eigenvalue weighted by atomic mass is 79.9. The molecule has 0 N–H and O–H groups in total. The molecule has 0 atom stereocenters. The molecule has 182 valence electrons. The number of fused-ring (bicyclic) bond motifs is 1. The van der Waals surface area contributed by atoms with E-state index < -0.39 is 5.60 Å². The number of amides is 1. The quantitative estimate of drug-likeness (QED) is 0.522. The summed E-state index contributed by atoms with van der Waals surface area (Å²) in [6.45, 7) is 7.80. The lowest BCUT2D eigenvalue weighted by Gasteiger charge is -2.34. The second-order valence-electron chi connectivity index (χ2n) is 10.2. The van der Waals surface area contributed by atoms with Crippen molar-refractivity contribution in [1.29, 1.82) is 0 Å². The van der Waals surface area contributed by atoms with Crippen molar-refractivity contribution in [3.05, 3.63) is 17.0 Å². The number of ether oxygens (including phenoxy) is 2. The Bertz CT molecular complexity index is 961. The van der Waals surface area contributed by atoms with Crippen molar-refractivity contribution in [3.8, 4) is 0 Å². The molecule has 1 aliphatic carbocycles. The monoisotopic (exact) mass is 521 g/mol. The van der Waals surface area contributed by atoms with Crippen LogP contribution in [-0.2, 0) is 9.47 Å². The Labute approximate surface area is 204 Å². The molecule has 0 aromatic carbocycles. The summed E-state index contributed by atoms with van der Waals surface area (Å²) < 4.78 is 14.2. The van der Waals surface area contributed by atoms with E-state index in [1.807, 2.05) is 31.4 Å².